The zero-order valence-corrected chi connectivity index (χ0v) is 16.2. The van der Waals surface area contributed by atoms with Crippen molar-refractivity contribution in [2.45, 2.75) is 12.5 Å². The lowest BCUT2D eigenvalue weighted by molar-refractivity contribution is 0.0588. The van der Waals surface area contributed by atoms with Crippen LogP contribution in [0.15, 0.2) is 36.4 Å². The van der Waals surface area contributed by atoms with Crippen molar-refractivity contribution in [3.05, 3.63) is 47.5 Å². The predicted molar refractivity (Wildman–Crippen MR) is 102 cm³/mol. The summed E-state index contributed by atoms with van der Waals surface area (Å²) in [5.41, 5.74) is 0.782. The van der Waals surface area contributed by atoms with Gasteiger partial charge in [0.25, 0.3) is 5.91 Å². The molecule has 1 saturated heterocycles. The Morgan fingerprint density at radius 3 is 2.72 bits per heavy atom. The summed E-state index contributed by atoms with van der Waals surface area (Å²) in [5.74, 6) is 1.21. The predicted octanol–water partition coefficient (Wildman–Crippen LogP) is 2.86. The second-order valence-corrected chi connectivity index (χ2v) is 6.82. The molecule has 8 heteroatoms. The highest BCUT2D eigenvalue weighted by Crippen LogP contribution is 2.33. The van der Waals surface area contributed by atoms with Crippen molar-refractivity contribution in [1.29, 1.82) is 0 Å². The van der Waals surface area contributed by atoms with E-state index in [-0.39, 0.29) is 18.7 Å². The molecule has 1 unspecified atom stereocenters. The Hall–Kier alpha value is -3.26. The van der Waals surface area contributed by atoms with E-state index in [0.717, 1.165) is 6.42 Å². The summed E-state index contributed by atoms with van der Waals surface area (Å²) in [6.07, 6.45) is 0.708. The smallest absolute Gasteiger partial charge is 0.338 e. The number of fused-ring (bicyclic) bond motifs is 1. The number of benzene rings is 2. The van der Waals surface area contributed by atoms with Gasteiger partial charge in [-0.2, -0.15) is 0 Å². The first-order valence-electron chi connectivity index (χ1n) is 9.21. The lowest BCUT2D eigenvalue weighted by atomic mass is 10.1. The van der Waals surface area contributed by atoms with Crippen molar-refractivity contribution in [3.63, 3.8) is 0 Å². The highest BCUT2D eigenvalue weighted by molar-refractivity contribution is 5.97. The average Bonchev–Trinajstić information content (AvgIpc) is 3.23. The number of nitrogens with zero attached hydrogens (tertiary/aromatic N) is 1. The van der Waals surface area contributed by atoms with Gasteiger partial charge in [-0.25, -0.2) is 4.79 Å². The van der Waals surface area contributed by atoms with Crippen LogP contribution in [-0.4, -0.2) is 57.0 Å². The summed E-state index contributed by atoms with van der Waals surface area (Å²) in [5, 5.41) is 0. The molecule has 2 aliphatic heterocycles. The van der Waals surface area contributed by atoms with Crippen LogP contribution in [0.4, 0.5) is 0 Å². The lowest BCUT2D eigenvalue weighted by Crippen LogP contribution is -2.35. The number of ether oxygens (including phenoxy) is 5. The van der Waals surface area contributed by atoms with E-state index in [4.69, 9.17) is 23.7 Å². The third-order valence-corrected chi connectivity index (χ3v) is 4.67. The number of methoxy groups -OCH3 is 1. The summed E-state index contributed by atoms with van der Waals surface area (Å²) in [6.45, 7) is 1.32. The number of hydrogen-bond donors (Lipinski definition) is 0. The first-order chi connectivity index (χ1) is 14.0. The van der Waals surface area contributed by atoms with E-state index >= 15 is 0 Å². The van der Waals surface area contributed by atoms with E-state index in [1.54, 1.807) is 43.4 Å². The molecular weight excluding hydrogens is 378 g/mol. The second-order valence-electron chi connectivity index (χ2n) is 6.82. The van der Waals surface area contributed by atoms with E-state index < -0.39 is 5.97 Å². The van der Waals surface area contributed by atoms with Crippen LogP contribution in [0.3, 0.4) is 0 Å². The Morgan fingerprint density at radius 1 is 1.14 bits per heavy atom. The highest BCUT2D eigenvalue weighted by atomic mass is 16.5. The Morgan fingerprint density at radius 2 is 1.97 bits per heavy atom. The van der Waals surface area contributed by atoms with Gasteiger partial charge in [0.1, 0.15) is 29.1 Å². The minimum absolute atomic E-state index is 0.0732. The van der Waals surface area contributed by atoms with Gasteiger partial charge < -0.3 is 28.6 Å². The van der Waals surface area contributed by atoms with Crippen molar-refractivity contribution in [2.24, 2.45) is 0 Å². The average molecular weight is 399 g/mol. The molecule has 0 aromatic heterocycles. The number of carbonyl (C=O) groups is 2. The van der Waals surface area contributed by atoms with Gasteiger partial charge in [0.05, 0.1) is 31.5 Å². The maximum absolute atomic E-state index is 12.2. The van der Waals surface area contributed by atoms with Gasteiger partial charge in [0.2, 0.25) is 0 Å². The lowest BCUT2D eigenvalue weighted by Gasteiger charge is -2.25. The van der Waals surface area contributed by atoms with Gasteiger partial charge >= 0.3 is 5.97 Å². The monoisotopic (exact) mass is 399 g/mol. The topological polar surface area (TPSA) is 83.5 Å². The van der Waals surface area contributed by atoms with Crippen molar-refractivity contribution in [1.82, 2.24) is 4.90 Å². The van der Waals surface area contributed by atoms with Gasteiger partial charge in [0, 0.05) is 25.6 Å². The zero-order chi connectivity index (χ0) is 20.4. The molecule has 2 heterocycles. The zero-order valence-electron chi connectivity index (χ0n) is 16.2. The molecule has 152 valence electrons. The minimum Gasteiger partial charge on any atom is -0.488 e. The van der Waals surface area contributed by atoms with Crippen molar-refractivity contribution in [2.75, 3.05) is 34.1 Å². The highest BCUT2D eigenvalue weighted by Gasteiger charge is 2.23. The molecule has 1 fully saturated rings. The molecule has 0 N–H and O–H groups in total. The Balaban J connectivity index is 1.60. The molecule has 0 radical (unpaired) electrons. The largest absolute Gasteiger partial charge is 0.488 e. The van der Waals surface area contributed by atoms with Gasteiger partial charge in [0.15, 0.2) is 6.73 Å². The van der Waals surface area contributed by atoms with E-state index in [2.05, 4.69) is 0 Å². The standard InChI is InChI=1S/C21H21NO7/c1-22-12-27-19-10-14(3-4-18(19)20(22)23)28-16-7-13(21(24)25-2)8-17(9-16)29-15-5-6-26-11-15/h3-4,7-10,15H,5-6,11-12H2,1-2H3. The van der Waals surface area contributed by atoms with Crippen molar-refractivity contribution >= 4 is 11.9 Å². The summed E-state index contributed by atoms with van der Waals surface area (Å²) >= 11 is 0. The number of carbonyl (C=O) groups excluding carboxylic acids is 2. The van der Waals surface area contributed by atoms with Crippen LogP contribution in [-0.2, 0) is 9.47 Å². The number of hydrogen-bond acceptors (Lipinski definition) is 7. The maximum atomic E-state index is 12.2. The van der Waals surface area contributed by atoms with Gasteiger partial charge in [-0.1, -0.05) is 0 Å². The summed E-state index contributed by atoms with van der Waals surface area (Å²) in [6, 6.07) is 9.86. The molecule has 1 amide bonds. The minimum atomic E-state index is -0.495. The van der Waals surface area contributed by atoms with Crippen LogP contribution in [0.2, 0.25) is 0 Å². The van der Waals surface area contributed by atoms with Crippen molar-refractivity contribution < 1.29 is 33.3 Å². The SMILES string of the molecule is COC(=O)c1cc(Oc2ccc3c(c2)OCN(C)C3=O)cc(OC2CCOC2)c1. The molecule has 0 aliphatic carbocycles. The molecule has 0 saturated carbocycles. The normalized spacial score (nSPS) is 18.1. The Labute approximate surface area is 167 Å². The first-order valence-corrected chi connectivity index (χ1v) is 9.21. The quantitative estimate of drug-likeness (QED) is 0.715. The molecule has 1 atom stereocenters. The van der Waals surface area contributed by atoms with Crippen LogP contribution in [0.1, 0.15) is 27.1 Å². The Bertz CT molecular complexity index is 937. The van der Waals surface area contributed by atoms with Crippen LogP contribution >= 0.6 is 0 Å². The summed E-state index contributed by atoms with van der Waals surface area (Å²) in [4.78, 5) is 25.7. The molecule has 2 aliphatic rings. The second kappa shape index (κ2) is 8.00. The molecular formula is C21H21NO7. The Kier molecular flexibility index (Phi) is 5.26. The third-order valence-electron chi connectivity index (χ3n) is 4.67. The fraction of sp³-hybridized carbons (Fsp3) is 0.333. The molecule has 2 aromatic carbocycles. The molecule has 2 aromatic rings. The van der Waals surface area contributed by atoms with Gasteiger partial charge in [-0.05, 0) is 24.3 Å². The van der Waals surface area contributed by atoms with E-state index in [0.29, 0.717) is 47.3 Å². The maximum Gasteiger partial charge on any atom is 0.338 e. The third kappa shape index (κ3) is 4.12. The summed E-state index contributed by atoms with van der Waals surface area (Å²) in [7, 11) is 2.99. The number of rotatable bonds is 5. The molecule has 4 rings (SSSR count). The van der Waals surface area contributed by atoms with Crippen molar-refractivity contribution in [3.8, 4) is 23.0 Å². The van der Waals surface area contributed by atoms with Crippen LogP contribution in [0.5, 0.6) is 23.0 Å². The van der Waals surface area contributed by atoms with E-state index in [9.17, 15) is 9.59 Å². The van der Waals surface area contributed by atoms with Gasteiger partial charge in [-0.15, -0.1) is 0 Å². The van der Waals surface area contributed by atoms with E-state index in [1.165, 1.54) is 12.0 Å². The van der Waals surface area contributed by atoms with E-state index in [1.807, 2.05) is 0 Å². The van der Waals surface area contributed by atoms with Crippen LogP contribution < -0.4 is 14.2 Å². The molecule has 8 nitrogen and oxygen atoms in total. The summed E-state index contributed by atoms with van der Waals surface area (Å²) < 4.78 is 27.6. The number of esters is 1. The first kappa shape index (κ1) is 19.1. The fourth-order valence-electron chi connectivity index (χ4n) is 3.16. The van der Waals surface area contributed by atoms with Crippen LogP contribution in [0.25, 0.3) is 0 Å². The molecule has 0 bridgehead atoms. The molecule has 0 spiro atoms. The van der Waals surface area contributed by atoms with Gasteiger partial charge in [-0.3, -0.25) is 4.79 Å². The fourth-order valence-corrected chi connectivity index (χ4v) is 3.16. The molecule has 29 heavy (non-hydrogen) atoms. The van der Waals surface area contributed by atoms with Crippen LogP contribution in [0, 0.1) is 0 Å². The number of amides is 1.